The number of rotatable bonds is 9. The lowest BCUT2D eigenvalue weighted by Crippen LogP contribution is -3.09. The number of halogens is 1. The van der Waals surface area contributed by atoms with Crippen LogP contribution in [-0.4, -0.2) is 20.8 Å². The summed E-state index contributed by atoms with van der Waals surface area (Å²) >= 11 is 6.28. The highest BCUT2D eigenvalue weighted by Crippen LogP contribution is 2.29. The third-order valence-electron chi connectivity index (χ3n) is 6.93. The molecule has 0 radical (unpaired) electrons. The van der Waals surface area contributed by atoms with Crippen molar-refractivity contribution in [1.82, 2.24) is 0 Å². The van der Waals surface area contributed by atoms with Gasteiger partial charge >= 0.3 is 0 Å². The molecule has 4 heteroatoms. The minimum absolute atomic E-state index is 0.788. The number of hydrogen-bond donors (Lipinski definition) is 1. The van der Waals surface area contributed by atoms with E-state index in [1.54, 1.807) is 14.2 Å². The zero-order valence-electron chi connectivity index (χ0n) is 20.8. The molecular formula is C32H31ClNO2+. The normalized spacial score (nSPS) is 11.3. The highest BCUT2D eigenvalue weighted by atomic mass is 35.5. The first kappa shape index (κ1) is 24.2. The van der Waals surface area contributed by atoms with E-state index in [4.69, 9.17) is 21.1 Å². The highest BCUT2D eigenvalue weighted by Gasteiger charge is 2.17. The van der Waals surface area contributed by atoms with Gasteiger partial charge in [0.05, 0.1) is 20.8 Å². The molecule has 36 heavy (non-hydrogen) atoms. The van der Waals surface area contributed by atoms with Crippen LogP contribution in [0, 0.1) is 0 Å². The quantitative estimate of drug-likeness (QED) is 0.252. The number of fused-ring (bicyclic) bond motifs is 2. The number of hydrogen-bond acceptors (Lipinski definition) is 2. The summed E-state index contributed by atoms with van der Waals surface area (Å²) in [7, 11) is 3.47. The fourth-order valence-electron chi connectivity index (χ4n) is 5.12. The number of methoxy groups -OCH3 is 2. The molecule has 0 saturated carbocycles. The van der Waals surface area contributed by atoms with Crippen LogP contribution in [0.2, 0.25) is 5.02 Å². The Morgan fingerprint density at radius 1 is 0.611 bits per heavy atom. The van der Waals surface area contributed by atoms with Crippen molar-refractivity contribution in [2.45, 2.75) is 19.5 Å². The van der Waals surface area contributed by atoms with E-state index >= 15 is 0 Å². The molecule has 3 nitrogen and oxygen atoms in total. The molecule has 1 N–H and O–H groups in total. The molecule has 0 amide bonds. The number of nitrogens with one attached hydrogen (secondary N) is 1. The Balaban J connectivity index is 1.50. The summed E-state index contributed by atoms with van der Waals surface area (Å²) in [5, 5.41) is 5.59. The lowest BCUT2D eigenvalue weighted by atomic mass is 10.0. The molecule has 0 unspecified atom stereocenters. The predicted molar refractivity (Wildman–Crippen MR) is 149 cm³/mol. The minimum atomic E-state index is 0.788. The van der Waals surface area contributed by atoms with Crippen LogP contribution in [0.4, 0.5) is 0 Å². The lowest BCUT2D eigenvalue weighted by molar-refractivity contribution is -0.927. The Hall–Kier alpha value is -3.53. The van der Waals surface area contributed by atoms with Crippen molar-refractivity contribution in [3.8, 4) is 11.5 Å². The first-order chi connectivity index (χ1) is 17.7. The van der Waals surface area contributed by atoms with E-state index in [-0.39, 0.29) is 0 Å². The van der Waals surface area contributed by atoms with Crippen LogP contribution >= 0.6 is 11.6 Å². The van der Waals surface area contributed by atoms with Gasteiger partial charge in [-0.15, -0.1) is 0 Å². The van der Waals surface area contributed by atoms with Crippen molar-refractivity contribution in [1.29, 1.82) is 0 Å². The zero-order valence-corrected chi connectivity index (χ0v) is 21.5. The third-order valence-corrected chi connectivity index (χ3v) is 7.16. The Morgan fingerprint density at radius 2 is 1.14 bits per heavy atom. The summed E-state index contributed by atoms with van der Waals surface area (Å²) in [5.74, 6) is 1.83. The summed E-state index contributed by atoms with van der Waals surface area (Å²) in [6, 6.07) is 33.8. The van der Waals surface area contributed by atoms with Gasteiger partial charge in [-0.2, -0.15) is 0 Å². The number of ether oxygens (including phenoxy) is 2. The summed E-state index contributed by atoms with van der Waals surface area (Å²) in [6.07, 6.45) is 0.956. The lowest BCUT2D eigenvalue weighted by Gasteiger charge is -2.22. The first-order valence-electron chi connectivity index (χ1n) is 12.3. The molecule has 5 aromatic rings. The van der Waals surface area contributed by atoms with Crippen molar-refractivity contribution in [3.05, 3.63) is 119 Å². The maximum atomic E-state index is 6.28. The van der Waals surface area contributed by atoms with Gasteiger partial charge in [-0.1, -0.05) is 72.3 Å². The molecule has 0 aliphatic heterocycles. The summed E-state index contributed by atoms with van der Waals surface area (Å²) in [6.45, 7) is 2.80. The molecule has 0 saturated heterocycles. The van der Waals surface area contributed by atoms with Gasteiger partial charge in [-0.05, 0) is 52.7 Å². The second kappa shape index (κ2) is 11.0. The van der Waals surface area contributed by atoms with Crippen molar-refractivity contribution in [2.24, 2.45) is 0 Å². The zero-order chi connectivity index (χ0) is 24.9. The van der Waals surface area contributed by atoms with Crippen LogP contribution < -0.4 is 14.4 Å². The molecule has 0 aliphatic carbocycles. The summed E-state index contributed by atoms with van der Waals surface area (Å²) in [4.78, 5) is 1.49. The second-order valence-electron chi connectivity index (χ2n) is 9.18. The Bertz CT molecular complexity index is 1410. The van der Waals surface area contributed by atoms with E-state index in [2.05, 4.69) is 84.9 Å². The van der Waals surface area contributed by atoms with Crippen molar-refractivity contribution in [2.75, 3.05) is 20.8 Å². The SMILES string of the molecule is COc1ccc(C[NH+](CCc2cccc(Cl)c2)Cc2ccc(OC)c3ccccc23)c2ccccc12. The van der Waals surface area contributed by atoms with Crippen LogP contribution in [-0.2, 0) is 19.5 Å². The van der Waals surface area contributed by atoms with Gasteiger partial charge in [0.25, 0.3) is 0 Å². The summed E-state index contributed by atoms with van der Waals surface area (Å²) in [5.41, 5.74) is 3.91. The van der Waals surface area contributed by atoms with E-state index in [0.717, 1.165) is 53.3 Å². The van der Waals surface area contributed by atoms with E-state index in [1.807, 2.05) is 12.1 Å². The molecule has 5 rings (SSSR count). The molecule has 182 valence electrons. The monoisotopic (exact) mass is 496 g/mol. The average molecular weight is 497 g/mol. The Labute approximate surface area is 217 Å². The topological polar surface area (TPSA) is 22.9 Å². The van der Waals surface area contributed by atoms with Crippen LogP contribution in [0.15, 0.2) is 97.1 Å². The van der Waals surface area contributed by atoms with Crippen molar-refractivity contribution >= 4 is 33.1 Å². The fraction of sp³-hybridized carbons (Fsp3) is 0.188. The first-order valence-corrected chi connectivity index (χ1v) is 12.7. The average Bonchev–Trinajstić information content (AvgIpc) is 2.92. The maximum Gasteiger partial charge on any atom is 0.126 e. The molecule has 0 aromatic heterocycles. The van der Waals surface area contributed by atoms with Crippen molar-refractivity contribution in [3.63, 3.8) is 0 Å². The fourth-order valence-corrected chi connectivity index (χ4v) is 5.34. The van der Waals surface area contributed by atoms with Crippen LogP contribution in [0.5, 0.6) is 11.5 Å². The summed E-state index contributed by atoms with van der Waals surface area (Å²) < 4.78 is 11.3. The molecular weight excluding hydrogens is 466 g/mol. The number of quaternary nitrogens is 1. The van der Waals surface area contributed by atoms with Gasteiger partial charge in [0.15, 0.2) is 0 Å². The van der Waals surface area contributed by atoms with Gasteiger partial charge in [0.1, 0.15) is 24.6 Å². The van der Waals surface area contributed by atoms with E-state index in [9.17, 15) is 0 Å². The Morgan fingerprint density at radius 3 is 1.64 bits per heavy atom. The smallest absolute Gasteiger partial charge is 0.126 e. The molecule has 0 fully saturated rings. The molecule has 0 heterocycles. The molecule has 0 aliphatic rings. The van der Waals surface area contributed by atoms with E-state index in [1.165, 1.54) is 32.4 Å². The Kier molecular flexibility index (Phi) is 7.41. The minimum Gasteiger partial charge on any atom is -0.496 e. The standard InChI is InChI=1S/C32H30ClNO2/c1-35-31-16-14-24(27-10-3-5-12-29(27)31)21-34(19-18-23-8-7-9-26(33)20-23)22-25-15-17-32(36-2)30-13-6-4-11-28(25)30/h3-17,20H,18-19,21-22H2,1-2H3/p+1. The van der Waals surface area contributed by atoms with E-state index < -0.39 is 0 Å². The van der Waals surface area contributed by atoms with Gasteiger partial charge in [0.2, 0.25) is 0 Å². The third kappa shape index (κ3) is 5.18. The van der Waals surface area contributed by atoms with Gasteiger partial charge < -0.3 is 14.4 Å². The van der Waals surface area contributed by atoms with Crippen LogP contribution in [0.3, 0.4) is 0 Å². The van der Waals surface area contributed by atoms with Crippen molar-refractivity contribution < 1.29 is 14.4 Å². The second-order valence-corrected chi connectivity index (χ2v) is 9.61. The largest absolute Gasteiger partial charge is 0.496 e. The molecule has 0 spiro atoms. The van der Waals surface area contributed by atoms with Gasteiger partial charge in [0, 0.05) is 33.3 Å². The van der Waals surface area contributed by atoms with Crippen LogP contribution in [0.25, 0.3) is 21.5 Å². The number of benzene rings is 5. The highest BCUT2D eigenvalue weighted by molar-refractivity contribution is 6.30. The molecule has 0 atom stereocenters. The van der Waals surface area contributed by atoms with E-state index in [0.29, 0.717) is 0 Å². The maximum absolute atomic E-state index is 6.28. The molecule has 5 aromatic carbocycles. The molecule has 0 bridgehead atoms. The van der Waals surface area contributed by atoms with Gasteiger partial charge in [-0.25, -0.2) is 0 Å². The van der Waals surface area contributed by atoms with Crippen LogP contribution in [0.1, 0.15) is 16.7 Å². The van der Waals surface area contributed by atoms with Gasteiger partial charge in [-0.3, -0.25) is 0 Å². The predicted octanol–water partition coefficient (Wildman–Crippen LogP) is 6.49.